The van der Waals surface area contributed by atoms with Crippen LogP contribution in [0.25, 0.3) is 0 Å². The van der Waals surface area contributed by atoms with Crippen LogP contribution in [0, 0.1) is 0 Å². The number of rotatable bonds is 3. The summed E-state index contributed by atoms with van der Waals surface area (Å²) in [7, 11) is -0.543. The first kappa shape index (κ1) is 14.0. The molecule has 2 rings (SSSR count). The van der Waals surface area contributed by atoms with Gasteiger partial charge in [0.15, 0.2) is 0 Å². The van der Waals surface area contributed by atoms with E-state index in [0.29, 0.717) is 18.8 Å². The van der Waals surface area contributed by atoms with Gasteiger partial charge in [-0.25, -0.2) is 12.7 Å². The van der Waals surface area contributed by atoms with E-state index in [-0.39, 0.29) is 17.4 Å². The predicted molar refractivity (Wildman–Crippen MR) is 70.5 cm³/mol. The molecular weight excluding hydrogens is 268 g/mol. The summed E-state index contributed by atoms with van der Waals surface area (Å²) in [6.45, 7) is 0.922. The van der Waals surface area contributed by atoms with Crippen LogP contribution in [-0.2, 0) is 19.6 Å². The van der Waals surface area contributed by atoms with Crippen LogP contribution in [0.5, 0.6) is 0 Å². The Morgan fingerprint density at radius 3 is 2.68 bits per heavy atom. The van der Waals surface area contributed by atoms with Gasteiger partial charge < -0.3 is 9.64 Å². The van der Waals surface area contributed by atoms with Crippen LogP contribution in [0.3, 0.4) is 0 Å². The molecule has 1 fully saturated rings. The number of hydrogen-bond acceptors (Lipinski definition) is 4. The topological polar surface area (TPSA) is 66.9 Å². The number of carbonyl (C=O) groups is 1. The molecule has 19 heavy (non-hydrogen) atoms. The summed E-state index contributed by atoms with van der Waals surface area (Å²) in [6, 6.07) is 6.38. The second-order valence-electron chi connectivity index (χ2n) is 4.38. The molecule has 104 valence electrons. The monoisotopic (exact) mass is 284 g/mol. The molecule has 1 aliphatic heterocycles. The molecule has 1 aromatic rings. The van der Waals surface area contributed by atoms with Gasteiger partial charge in [-0.2, -0.15) is 0 Å². The standard InChI is InChI=1S/C12H16N2O4S/c1-13(2)19(16,17)11-5-3-4-10(8-11)14-6-7-18-9-12(14)15/h3-5,8H,6-7,9H2,1-2H3. The molecule has 0 bridgehead atoms. The first-order valence-corrected chi connectivity index (χ1v) is 7.27. The molecule has 1 heterocycles. The zero-order valence-electron chi connectivity index (χ0n) is 10.9. The third-order valence-corrected chi connectivity index (χ3v) is 4.70. The van der Waals surface area contributed by atoms with Gasteiger partial charge in [0.2, 0.25) is 10.0 Å². The average molecular weight is 284 g/mol. The number of morpholine rings is 1. The highest BCUT2D eigenvalue weighted by molar-refractivity contribution is 7.89. The minimum atomic E-state index is -3.49. The van der Waals surface area contributed by atoms with Gasteiger partial charge in [0.05, 0.1) is 11.5 Å². The van der Waals surface area contributed by atoms with Crippen molar-refractivity contribution in [2.75, 3.05) is 38.8 Å². The van der Waals surface area contributed by atoms with Gasteiger partial charge in [-0.15, -0.1) is 0 Å². The number of sulfonamides is 1. The van der Waals surface area contributed by atoms with Crippen molar-refractivity contribution in [1.82, 2.24) is 4.31 Å². The maximum absolute atomic E-state index is 12.0. The summed E-state index contributed by atoms with van der Waals surface area (Å²) in [5.74, 6) is -0.161. The van der Waals surface area contributed by atoms with Gasteiger partial charge in [0, 0.05) is 26.3 Å². The summed E-state index contributed by atoms with van der Waals surface area (Å²) < 4.78 is 30.3. The zero-order chi connectivity index (χ0) is 14.0. The Balaban J connectivity index is 2.37. The first-order chi connectivity index (χ1) is 8.93. The Labute approximate surface area is 112 Å². The summed E-state index contributed by atoms with van der Waals surface area (Å²) in [5, 5.41) is 0. The Morgan fingerprint density at radius 1 is 1.32 bits per heavy atom. The SMILES string of the molecule is CN(C)S(=O)(=O)c1cccc(N2CCOCC2=O)c1. The number of benzene rings is 1. The van der Waals surface area contributed by atoms with E-state index < -0.39 is 10.0 Å². The van der Waals surface area contributed by atoms with Crippen molar-refractivity contribution in [3.8, 4) is 0 Å². The van der Waals surface area contributed by atoms with E-state index in [1.807, 2.05) is 0 Å². The summed E-state index contributed by atoms with van der Waals surface area (Å²) in [5.41, 5.74) is 0.580. The van der Waals surface area contributed by atoms with Crippen molar-refractivity contribution in [2.24, 2.45) is 0 Å². The van der Waals surface area contributed by atoms with E-state index in [1.165, 1.54) is 31.1 Å². The lowest BCUT2D eigenvalue weighted by Crippen LogP contribution is -2.41. The Kier molecular flexibility index (Phi) is 3.88. The molecule has 0 aliphatic carbocycles. The third-order valence-electron chi connectivity index (χ3n) is 2.89. The lowest BCUT2D eigenvalue weighted by atomic mass is 10.2. The molecule has 1 saturated heterocycles. The van der Waals surface area contributed by atoms with Crippen LogP contribution >= 0.6 is 0 Å². The number of hydrogen-bond donors (Lipinski definition) is 0. The largest absolute Gasteiger partial charge is 0.370 e. The molecule has 0 aromatic heterocycles. The fourth-order valence-electron chi connectivity index (χ4n) is 1.81. The van der Waals surface area contributed by atoms with E-state index in [9.17, 15) is 13.2 Å². The predicted octanol–water partition coefficient (Wildman–Crippen LogP) is 0.300. The van der Waals surface area contributed by atoms with E-state index >= 15 is 0 Å². The lowest BCUT2D eigenvalue weighted by Gasteiger charge is -2.27. The lowest BCUT2D eigenvalue weighted by molar-refractivity contribution is -0.125. The summed E-state index contributed by atoms with van der Waals surface area (Å²) in [4.78, 5) is 13.4. The van der Waals surface area contributed by atoms with Crippen LogP contribution in [0.4, 0.5) is 5.69 Å². The highest BCUT2D eigenvalue weighted by atomic mass is 32.2. The van der Waals surface area contributed by atoms with Gasteiger partial charge in [0.1, 0.15) is 6.61 Å². The first-order valence-electron chi connectivity index (χ1n) is 5.83. The quantitative estimate of drug-likeness (QED) is 0.800. The molecule has 0 saturated carbocycles. The Bertz CT molecular complexity index is 583. The molecule has 1 aliphatic rings. The molecule has 1 amide bonds. The molecular formula is C12H16N2O4S. The fourth-order valence-corrected chi connectivity index (χ4v) is 2.76. The Hall–Kier alpha value is -1.44. The smallest absolute Gasteiger partial charge is 0.253 e. The van der Waals surface area contributed by atoms with Crippen molar-refractivity contribution in [3.05, 3.63) is 24.3 Å². The fraction of sp³-hybridized carbons (Fsp3) is 0.417. The van der Waals surface area contributed by atoms with E-state index in [4.69, 9.17) is 4.74 Å². The zero-order valence-corrected chi connectivity index (χ0v) is 11.7. The van der Waals surface area contributed by atoms with Gasteiger partial charge >= 0.3 is 0 Å². The van der Waals surface area contributed by atoms with Gasteiger partial charge in [-0.3, -0.25) is 4.79 Å². The normalized spacial score (nSPS) is 17.0. The van der Waals surface area contributed by atoms with E-state index in [1.54, 1.807) is 12.1 Å². The van der Waals surface area contributed by atoms with Crippen molar-refractivity contribution < 1.29 is 17.9 Å². The highest BCUT2D eigenvalue weighted by Gasteiger charge is 2.23. The minimum Gasteiger partial charge on any atom is -0.370 e. The van der Waals surface area contributed by atoms with Crippen LogP contribution in [0.1, 0.15) is 0 Å². The van der Waals surface area contributed by atoms with Gasteiger partial charge in [0.25, 0.3) is 5.91 Å². The molecule has 0 N–H and O–H groups in total. The van der Waals surface area contributed by atoms with Crippen molar-refractivity contribution in [2.45, 2.75) is 4.90 Å². The Morgan fingerprint density at radius 2 is 2.05 bits per heavy atom. The van der Waals surface area contributed by atoms with Crippen molar-refractivity contribution >= 4 is 21.6 Å². The van der Waals surface area contributed by atoms with Crippen molar-refractivity contribution in [1.29, 1.82) is 0 Å². The number of anilines is 1. The average Bonchev–Trinajstić information content (AvgIpc) is 2.39. The van der Waals surface area contributed by atoms with Crippen LogP contribution in [-0.4, -0.2) is 52.5 Å². The number of amides is 1. The van der Waals surface area contributed by atoms with Crippen molar-refractivity contribution in [3.63, 3.8) is 0 Å². The van der Waals surface area contributed by atoms with Gasteiger partial charge in [-0.1, -0.05) is 6.07 Å². The number of carbonyl (C=O) groups excluding carboxylic acids is 1. The molecule has 0 spiro atoms. The highest BCUT2D eigenvalue weighted by Crippen LogP contribution is 2.22. The molecule has 0 unspecified atom stereocenters. The molecule has 0 radical (unpaired) electrons. The minimum absolute atomic E-state index is 0.0324. The van der Waals surface area contributed by atoms with Gasteiger partial charge in [-0.05, 0) is 18.2 Å². The molecule has 1 aromatic carbocycles. The maximum atomic E-state index is 12.0. The second kappa shape index (κ2) is 5.28. The third kappa shape index (κ3) is 2.78. The van der Waals surface area contributed by atoms with E-state index in [0.717, 1.165) is 4.31 Å². The summed E-state index contributed by atoms with van der Waals surface area (Å²) >= 11 is 0. The van der Waals surface area contributed by atoms with Crippen LogP contribution in [0.15, 0.2) is 29.2 Å². The van der Waals surface area contributed by atoms with Crippen LogP contribution < -0.4 is 4.90 Å². The number of ether oxygens (including phenoxy) is 1. The summed E-state index contributed by atoms with van der Waals surface area (Å²) in [6.07, 6.45) is 0. The van der Waals surface area contributed by atoms with Crippen LogP contribution in [0.2, 0.25) is 0 Å². The molecule has 6 nitrogen and oxygen atoms in total. The molecule has 0 atom stereocenters. The second-order valence-corrected chi connectivity index (χ2v) is 6.53. The maximum Gasteiger partial charge on any atom is 0.253 e. The van der Waals surface area contributed by atoms with E-state index in [2.05, 4.69) is 0 Å². The molecule has 7 heteroatoms. The number of nitrogens with zero attached hydrogens (tertiary/aromatic N) is 2.